The van der Waals surface area contributed by atoms with Crippen LogP contribution in [-0.2, 0) is 0 Å². The number of hydrogen-bond donors (Lipinski definition) is 1. The van der Waals surface area contributed by atoms with Gasteiger partial charge in [0.2, 0.25) is 5.88 Å². The standard InChI is InChI=1S/C10H15N3O/c1-4-5-14-10-8(7(2)3)9(11)12-6-13-10/h4,6-7H,1,5H2,2-3H3,(H2,11,12,13). The van der Waals surface area contributed by atoms with Crippen molar-refractivity contribution in [3.05, 3.63) is 24.5 Å². The van der Waals surface area contributed by atoms with Crippen LogP contribution in [0, 0.1) is 0 Å². The van der Waals surface area contributed by atoms with Crippen LogP contribution in [0.2, 0.25) is 0 Å². The molecule has 0 unspecified atom stereocenters. The van der Waals surface area contributed by atoms with Gasteiger partial charge in [0.05, 0.1) is 5.56 Å². The summed E-state index contributed by atoms with van der Waals surface area (Å²) >= 11 is 0. The van der Waals surface area contributed by atoms with E-state index in [0.29, 0.717) is 18.3 Å². The Balaban J connectivity index is 3.01. The highest BCUT2D eigenvalue weighted by Crippen LogP contribution is 2.27. The molecule has 4 heteroatoms. The molecular formula is C10H15N3O. The summed E-state index contributed by atoms with van der Waals surface area (Å²) in [5.74, 6) is 1.28. The van der Waals surface area contributed by atoms with E-state index in [1.54, 1.807) is 6.08 Å². The van der Waals surface area contributed by atoms with E-state index in [1.165, 1.54) is 6.33 Å². The molecule has 0 amide bonds. The number of nitrogens with two attached hydrogens (primary N) is 1. The molecule has 0 atom stereocenters. The van der Waals surface area contributed by atoms with Gasteiger partial charge in [0.25, 0.3) is 0 Å². The molecular weight excluding hydrogens is 178 g/mol. The normalized spacial score (nSPS) is 10.2. The Bertz CT molecular complexity index is 323. The summed E-state index contributed by atoms with van der Waals surface area (Å²) in [4.78, 5) is 7.97. The van der Waals surface area contributed by atoms with E-state index in [4.69, 9.17) is 10.5 Å². The average Bonchev–Trinajstić information content (AvgIpc) is 2.14. The van der Waals surface area contributed by atoms with Gasteiger partial charge in [0.1, 0.15) is 18.8 Å². The number of nitrogens with zero attached hydrogens (tertiary/aromatic N) is 2. The average molecular weight is 193 g/mol. The van der Waals surface area contributed by atoms with E-state index in [-0.39, 0.29) is 5.92 Å². The minimum absolute atomic E-state index is 0.246. The van der Waals surface area contributed by atoms with Gasteiger partial charge in [-0.25, -0.2) is 9.97 Å². The van der Waals surface area contributed by atoms with Gasteiger partial charge >= 0.3 is 0 Å². The molecule has 0 aliphatic heterocycles. The van der Waals surface area contributed by atoms with Gasteiger partial charge in [-0.1, -0.05) is 26.5 Å². The summed E-state index contributed by atoms with van der Waals surface area (Å²) < 4.78 is 5.38. The van der Waals surface area contributed by atoms with Crippen molar-refractivity contribution < 1.29 is 4.74 Å². The summed E-state index contributed by atoms with van der Waals surface area (Å²) in [6.45, 7) is 8.05. The van der Waals surface area contributed by atoms with Gasteiger partial charge in [-0.15, -0.1) is 0 Å². The lowest BCUT2D eigenvalue weighted by molar-refractivity contribution is 0.342. The minimum Gasteiger partial charge on any atom is -0.473 e. The molecule has 1 rings (SSSR count). The molecule has 0 saturated heterocycles. The van der Waals surface area contributed by atoms with E-state index in [0.717, 1.165) is 5.56 Å². The van der Waals surface area contributed by atoms with Gasteiger partial charge in [-0.3, -0.25) is 0 Å². The Morgan fingerprint density at radius 3 is 2.86 bits per heavy atom. The minimum atomic E-state index is 0.246. The molecule has 1 aromatic rings. The van der Waals surface area contributed by atoms with Crippen molar-refractivity contribution >= 4 is 5.82 Å². The number of aromatic nitrogens is 2. The zero-order chi connectivity index (χ0) is 10.6. The quantitative estimate of drug-likeness (QED) is 0.740. The van der Waals surface area contributed by atoms with E-state index in [2.05, 4.69) is 16.5 Å². The summed E-state index contributed by atoms with van der Waals surface area (Å²) in [5, 5.41) is 0. The number of hydrogen-bond acceptors (Lipinski definition) is 4. The maximum atomic E-state index is 5.74. The second kappa shape index (κ2) is 4.60. The molecule has 0 saturated carbocycles. The van der Waals surface area contributed by atoms with E-state index < -0.39 is 0 Å². The fourth-order valence-electron chi connectivity index (χ4n) is 1.19. The van der Waals surface area contributed by atoms with Crippen molar-refractivity contribution in [2.24, 2.45) is 0 Å². The van der Waals surface area contributed by atoms with Gasteiger partial charge in [-0.05, 0) is 5.92 Å². The first kappa shape index (κ1) is 10.5. The van der Waals surface area contributed by atoms with E-state index in [9.17, 15) is 0 Å². The molecule has 2 N–H and O–H groups in total. The molecule has 0 bridgehead atoms. The smallest absolute Gasteiger partial charge is 0.222 e. The maximum absolute atomic E-state index is 5.74. The van der Waals surface area contributed by atoms with Crippen molar-refractivity contribution in [2.45, 2.75) is 19.8 Å². The lowest BCUT2D eigenvalue weighted by Crippen LogP contribution is -2.06. The maximum Gasteiger partial charge on any atom is 0.222 e. The number of nitrogen functional groups attached to an aromatic ring is 1. The van der Waals surface area contributed by atoms with Crippen molar-refractivity contribution in [3.63, 3.8) is 0 Å². The molecule has 76 valence electrons. The third-order valence-corrected chi connectivity index (χ3v) is 1.79. The lowest BCUT2D eigenvalue weighted by atomic mass is 10.1. The van der Waals surface area contributed by atoms with Crippen LogP contribution >= 0.6 is 0 Å². The first-order valence-corrected chi connectivity index (χ1v) is 4.50. The van der Waals surface area contributed by atoms with Gasteiger partial charge in [-0.2, -0.15) is 0 Å². The second-order valence-corrected chi connectivity index (χ2v) is 3.23. The number of rotatable bonds is 4. The van der Waals surface area contributed by atoms with Crippen LogP contribution in [0.5, 0.6) is 5.88 Å². The van der Waals surface area contributed by atoms with E-state index >= 15 is 0 Å². The van der Waals surface area contributed by atoms with Crippen LogP contribution < -0.4 is 10.5 Å². The SMILES string of the molecule is C=CCOc1ncnc(N)c1C(C)C. The number of ether oxygens (including phenoxy) is 1. The predicted octanol–water partition coefficient (Wildman–Crippen LogP) is 1.75. The Morgan fingerprint density at radius 2 is 2.29 bits per heavy atom. The predicted molar refractivity (Wildman–Crippen MR) is 56.2 cm³/mol. The van der Waals surface area contributed by atoms with E-state index in [1.807, 2.05) is 13.8 Å². The topological polar surface area (TPSA) is 61.0 Å². The second-order valence-electron chi connectivity index (χ2n) is 3.23. The van der Waals surface area contributed by atoms with Crippen LogP contribution in [-0.4, -0.2) is 16.6 Å². The van der Waals surface area contributed by atoms with Crippen LogP contribution in [0.4, 0.5) is 5.82 Å². The first-order valence-electron chi connectivity index (χ1n) is 4.50. The molecule has 1 aromatic heterocycles. The molecule has 0 radical (unpaired) electrons. The fourth-order valence-corrected chi connectivity index (χ4v) is 1.19. The lowest BCUT2D eigenvalue weighted by Gasteiger charge is -2.12. The molecule has 4 nitrogen and oxygen atoms in total. The van der Waals surface area contributed by atoms with Crippen molar-refractivity contribution in [1.82, 2.24) is 9.97 Å². The largest absolute Gasteiger partial charge is 0.473 e. The molecule has 0 aliphatic carbocycles. The highest BCUT2D eigenvalue weighted by molar-refractivity contribution is 5.46. The zero-order valence-electron chi connectivity index (χ0n) is 8.53. The zero-order valence-corrected chi connectivity index (χ0v) is 8.53. The van der Waals surface area contributed by atoms with Gasteiger partial charge in [0, 0.05) is 0 Å². The highest BCUT2D eigenvalue weighted by Gasteiger charge is 2.13. The van der Waals surface area contributed by atoms with Crippen molar-refractivity contribution in [3.8, 4) is 5.88 Å². The summed E-state index contributed by atoms with van der Waals surface area (Å²) in [6.07, 6.45) is 3.07. The molecule has 14 heavy (non-hydrogen) atoms. The Labute approximate surface area is 83.8 Å². The van der Waals surface area contributed by atoms with Crippen molar-refractivity contribution in [1.29, 1.82) is 0 Å². The van der Waals surface area contributed by atoms with Crippen LogP contribution in [0.3, 0.4) is 0 Å². The molecule has 0 aromatic carbocycles. The molecule has 0 spiro atoms. The van der Waals surface area contributed by atoms with Gasteiger partial charge in [0.15, 0.2) is 0 Å². The summed E-state index contributed by atoms with van der Waals surface area (Å²) in [5.41, 5.74) is 6.59. The molecule has 0 aliphatic rings. The third-order valence-electron chi connectivity index (χ3n) is 1.79. The summed E-state index contributed by atoms with van der Waals surface area (Å²) in [6, 6.07) is 0. The summed E-state index contributed by atoms with van der Waals surface area (Å²) in [7, 11) is 0. The van der Waals surface area contributed by atoms with Crippen molar-refractivity contribution in [2.75, 3.05) is 12.3 Å². The highest BCUT2D eigenvalue weighted by atomic mass is 16.5. The number of anilines is 1. The molecule has 0 fully saturated rings. The van der Waals surface area contributed by atoms with Crippen LogP contribution in [0.25, 0.3) is 0 Å². The Hall–Kier alpha value is -1.58. The molecule has 1 heterocycles. The van der Waals surface area contributed by atoms with Crippen LogP contribution in [0.1, 0.15) is 25.3 Å². The fraction of sp³-hybridized carbons (Fsp3) is 0.400. The Kier molecular flexibility index (Phi) is 3.45. The third kappa shape index (κ3) is 2.22. The monoisotopic (exact) mass is 193 g/mol. The Morgan fingerprint density at radius 1 is 1.57 bits per heavy atom. The van der Waals surface area contributed by atoms with Gasteiger partial charge < -0.3 is 10.5 Å². The van der Waals surface area contributed by atoms with Crippen LogP contribution in [0.15, 0.2) is 19.0 Å². The first-order chi connectivity index (χ1) is 6.66.